The molecule has 1 heterocycles. The molecule has 2 aliphatic rings. The van der Waals surface area contributed by atoms with Gasteiger partial charge in [-0.15, -0.1) is 0 Å². The Bertz CT molecular complexity index is 1090. The molecular formula is C21H21NO8. The molecule has 158 valence electrons. The number of ether oxygens (including phenoxy) is 2. The number of esters is 1. The predicted octanol–water partition coefficient (Wildman–Crippen LogP) is 1.33. The van der Waals surface area contributed by atoms with E-state index in [4.69, 9.17) is 4.74 Å². The van der Waals surface area contributed by atoms with Crippen molar-refractivity contribution in [2.24, 2.45) is 0 Å². The molecule has 0 spiro atoms. The van der Waals surface area contributed by atoms with E-state index >= 15 is 0 Å². The minimum absolute atomic E-state index is 0.00465. The third-order valence-electron chi connectivity index (χ3n) is 5.49. The summed E-state index contributed by atoms with van der Waals surface area (Å²) in [5.41, 5.74) is -1.81. The molecule has 9 heteroatoms. The van der Waals surface area contributed by atoms with Gasteiger partial charge in [-0.05, 0) is 27.7 Å². The van der Waals surface area contributed by atoms with E-state index in [1.165, 1.54) is 34.8 Å². The Kier molecular flexibility index (Phi) is 4.93. The van der Waals surface area contributed by atoms with Crippen molar-refractivity contribution in [2.45, 2.75) is 33.1 Å². The molecule has 1 aromatic rings. The first kappa shape index (κ1) is 21.1. The molecule has 0 saturated carbocycles. The Hall–Kier alpha value is -3.62. The summed E-state index contributed by atoms with van der Waals surface area (Å²) in [4.78, 5) is 49.7. The molecule has 3 N–H and O–H groups in total. The number of nitrogens with one attached hydrogen (secondary N) is 1. The number of carbonyl (C=O) groups is 4. The fraction of sp³-hybridized carbons (Fsp3) is 0.333. The average Bonchev–Trinajstić information content (AvgIpc) is 2.97. The Morgan fingerprint density at radius 2 is 1.83 bits per heavy atom. The maximum Gasteiger partial charge on any atom is 0.325 e. The van der Waals surface area contributed by atoms with Gasteiger partial charge in [0.15, 0.2) is 17.3 Å². The first-order valence-corrected chi connectivity index (χ1v) is 9.07. The molecule has 0 radical (unpaired) electrons. The number of ketones is 3. The highest BCUT2D eigenvalue weighted by Crippen LogP contribution is 2.57. The molecule has 0 saturated heterocycles. The van der Waals surface area contributed by atoms with Crippen molar-refractivity contribution >= 4 is 23.3 Å². The zero-order valence-electron chi connectivity index (χ0n) is 17.1. The maximum atomic E-state index is 13.5. The lowest BCUT2D eigenvalue weighted by molar-refractivity contribution is -0.139. The van der Waals surface area contributed by atoms with Crippen molar-refractivity contribution in [1.82, 2.24) is 5.32 Å². The summed E-state index contributed by atoms with van der Waals surface area (Å²) in [6.07, 6.45) is 1.11. The number of hydrogen-bond donors (Lipinski definition) is 3. The number of carbonyl (C=O) groups excluding carboxylic acids is 4. The Morgan fingerprint density at radius 1 is 1.20 bits per heavy atom. The number of benzene rings is 1. The largest absolute Gasteiger partial charge is 0.507 e. The first-order valence-electron chi connectivity index (χ1n) is 9.07. The fourth-order valence-corrected chi connectivity index (χ4v) is 3.73. The Balaban J connectivity index is 2.24. The summed E-state index contributed by atoms with van der Waals surface area (Å²) in [5, 5.41) is 23.7. The zero-order chi connectivity index (χ0) is 22.5. The number of phenolic OH excluding ortho intramolecular Hbond substituents is 2. The number of hydrogen-bond acceptors (Lipinski definition) is 9. The number of fused-ring (bicyclic) bond motifs is 3. The molecule has 0 aromatic heterocycles. The highest BCUT2D eigenvalue weighted by molar-refractivity contribution is 6.31. The van der Waals surface area contributed by atoms with Gasteiger partial charge in [0.25, 0.3) is 0 Å². The summed E-state index contributed by atoms with van der Waals surface area (Å²) in [6, 6.07) is 0. The summed E-state index contributed by atoms with van der Waals surface area (Å²) >= 11 is 0. The minimum Gasteiger partial charge on any atom is -0.507 e. The maximum absolute atomic E-state index is 13.5. The van der Waals surface area contributed by atoms with Crippen LogP contribution in [0.15, 0.2) is 23.1 Å². The quantitative estimate of drug-likeness (QED) is 0.288. The van der Waals surface area contributed by atoms with E-state index in [0.717, 1.165) is 6.08 Å². The smallest absolute Gasteiger partial charge is 0.325 e. The number of allylic oxidation sites excluding steroid dienone is 4. The second-order valence-electron chi connectivity index (χ2n) is 7.32. The van der Waals surface area contributed by atoms with Crippen LogP contribution in [-0.2, 0) is 24.5 Å². The molecule has 30 heavy (non-hydrogen) atoms. The number of phenols is 2. The molecular weight excluding hydrogens is 394 g/mol. The van der Waals surface area contributed by atoms with Crippen LogP contribution < -0.4 is 10.1 Å². The van der Waals surface area contributed by atoms with Crippen LogP contribution in [-0.4, -0.2) is 47.2 Å². The molecule has 0 unspecified atom stereocenters. The predicted molar refractivity (Wildman–Crippen MR) is 103 cm³/mol. The second kappa shape index (κ2) is 7.01. The van der Waals surface area contributed by atoms with E-state index in [-0.39, 0.29) is 46.0 Å². The molecule has 1 aliphatic carbocycles. The Morgan fingerprint density at radius 3 is 2.40 bits per heavy atom. The summed E-state index contributed by atoms with van der Waals surface area (Å²) < 4.78 is 10.2. The molecule has 9 nitrogen and oxygen atoms in total. The van der Waals surface area contributed by atoms with Crippen LogP contribution in [0.4, 0.5) is 0 Å². The van der Waals surface area contributed by atoms with E-state index in [2.05, 4.69) is 10.1 Å². The van der Waals surface area contributed by atoms with Gasteiger partial charge in [0, 0.05) is 17.3 Å². The van der Waals surface area contributed by atoms with E-state index in [0.29, 0.717) is 0 Å². The van der Waals surface area contributed by atoms with Crippen molar-refractivity contribution in [1.29, 1.82) is 0 Å². The molecule has 1 aromatic carbocycles. The van der Waals surface area contributed by atoms with Crippen LogP contribution >= 0.6 is 0 Å². The third kappa shape index (κ3) is 2.77. The summed E-state index contributed by atoms with van der Waals surface area (Å²) in [6.45, 7) is 5.30. The second-order valence-corrected chi connectivity index (χ2v) is 7.32. The standard InChI is InChI=1S/C21H21NO8/c1-8-17(26)15(10(3)23)19-16(18(8)27)21(4)12(30-19)6-11(24)14(20(21)28)9(2)22-7-13(25)29-5/h6,22,26-27H,7H2,1-5H3/b14-9+/t21-/m0/s1. The van der Waals surface area contributed by atoms with Crippen molar-refractivity contribution in [3.63, 3.8) is 0 Å². The van der Waals surface area contributed by atoms with Crippen molar-refractivity contribution in [2.75, 3.05) is 13.7 Å². The normalized spacial score (nSPS) is 21.3. The molecule has 0 fully saturated rings. The van der Waals surface area contributed by atoms with E-state index in [1.807, 2.05) is 0 Å². The lowest BCUT2D eigenvalue weighted by atomic mass is 9.70. The van der Waals surface area contributed by atoms with Crippen LogP contribution in [0, 0.1) is 6.92 Å². The van der Waals surface area contributed by atoms with Gasteiger partial charge in [-0.3, -0.25) is 19.2 Å². The van der Waals surface area contributed by atoms with Crippen LogP contribution in [0.3, 0.4) is 0 Å². The number of rotatable bonds is 4. The van der Waals surface area contributed by atoms with Crippen molar-refractivity contribution < 1.29 is 38.9 Å². The molecule has 0 bridgehead atoms. The number of methoxy groups -OCH3 is 1. The van der Waals surface area contributed by atoms with E-state index < -0.39 is 40.2 Å². The minimum atomic E-state index is -1.60. The van der Waals surface area contributed by atoms with Crippen LogP contribution in [0.1, 0.15) is 42.3 Å². The van der Waals surface area contributed by atoms with E-state index in [9.17, 15) is 29.4 Å². The van der Waals surface area contributed by atoms with Gasteiger partial charge in [0.2, 0.25) is 0 Å². The number of Topliss-reactive ketones (excluding diaryl/α,β-unsaturated/α-hetero) is 2. The number of aromatic hydroxyl groups is 2. The zero-order valence-corrected chi connectivity index (χ0v) is 17.1. The summed E-state index contributed by atoms with van der Waals surface area (Å²) in [7, 11) is 1.21. The van der Waals surface area contributed by atoms with Gasteiger partial charge < -0.3 is 25.0 Å². The molecule has 3 rings (SSSR count). The van der Waals surface area contributed by atoms with Crippen LogP contribution in [0.2, 0.25) is 0 Å². The third-order valence-corrected chi connectivity index (χ3v) is 5.49. The molecule has 0 amide bonds. The fourth-order valence-electron chi connectivity index (χ4n) is 3.73. The van der Waals surface area contributed by atoms with Gasteiger partial charge in [-0.25, -0.2) is 0 Å². The molecule has 1 aliphatic heterocycles. The SMILES string of the molecule is COC(=O)CN/C(C)=C1\C(=O)C=C2Oc3c(C(C)=O)c(O)c(C)c(O)c3[C@@]2(C)C1=O. The van der Waals surface area contributed by atoms with Crippen LogP contribution in [0.5, 0.6) is 17.2 Å². The van der Waals surface area contributed by atoms with Gasteiger partial charge >= 0.3 is 5.97 Å². The highest BCUT2D eigenvalue weighted by atomic mass is 16.5. The van der Waals surface area contributed by atoms with Gasteiger partial charge in [0.05, 0.1) is 18.2 Å². The van der Waals surface area contributed by atoms with Crippen molar-refractivity contribution in [3.8, 4) is 17.2 Å². The van der Waals surface area contributed by atoms with Gasteiger partial charge in [-0.2, -0.15) is 0 Å². The van der Waals surface area contributed by atoms with Gasteiger partial charge in [-0.1, -0.05) is 0 Å². The monoisotopic (exact) mass is 415 g/mol. The lowest BCUT2D eigenvalue weighted by Gasteiger charge is -2.29. The summed E-state index contributed by atoms with van der Waals surface area (Å²) in [5.74, 6) is -3.50. The van der Waals surface area contributed by atoms with Crippen LogP contribution in [0.25, 0.3) is 0 Å². The lowest BCUT2D eigenvalue weighted by Crippen LogP contribution is -2.41. The van der Waals surface area contributed by atoms with Crippen molar-refractivity contribution in [3.05, 3.63) is 39.8 Å². The topological polar surface area (TPSA) is 139 Å². The average molecular weight is 415 g/mol. The van der Waals surface area contributed by atoms with E-state index in [1.54, 1.807) is 0 Å². The first-order chi connectivity index (χ1) is 14.0. The Labute approximate surface area is 172 Å². The highest BCUT2D eigenvalue weighted by Gasteiger charge is 2.56. The van der Waals surface area contributed by atoms with Gasteiger partial charge in [0.1, 0.15) is 40.5 Å². The molecule has 1 atom stereocenters.